The largest absolute Gasteiger partial charge is 0.486 e. The molecule has 1 aromatic carbocycles. The fourth-order valence-corrected chi connectivity index (χ4v) is 5.85. The fraction of sp³-hybridized carbons (Fsp3) is 0.655. The highest BCUT2D eigenvalue weighted by atomic mass is 28.3. The van der Waals surface area contributed by atoms with Gasteiger partial charge in [-0.2, -0.15) is 0 Å². The Morgan fingerprint density at radius 1 is 1.12 bits per heavy atom. The predicted octanol–water partition coefficient (Wildman–Crippen LogP) is 4.20. The van der Waals surface area contributed by atoms with E-state index in [0.717, 1.165) is 10.9 Å². The number of carbonyl (C=O) groups is 4. The second-order valence-electron chi connectivity index (χ2n) is 13.2. The van der Waals surface area contributed by atoms with Crippen LogP contribution in [0.2, 0.25) is 25.7 Å². The summed E-state index contributed by atoms with van der Waals surface area (Å²) in [5, 5.41) is 0. The van der Waals surface area contributed by atoms with Crippen LogP contribution in [0.4, 0.5) is 9.18 Å². The second kappa shape index (κ2) is 12.1. The lowest BCUT2D eigenvalue weighted by Gasteiger charge is -2.36. The van der Waals surface area contributed by atoms with Crippen molar-refractivity contribution in [2.45, 2.75) is 96.2 Å². The van der Waals surface area contributed by atoms with Crippen LogP contribution in [0.25, 0.3) is 0 Å². The topological polar surface area (TPSA) is 106 Å². The van der Waals surface area contributed by atoms with Crippen molar-refractivity contribution in [3.05, 3.63) is 29.3 Å². The summed E-state index contributed by atoms with van der Waals surface area (Å²) in [6, 6.07) is 5.05. The molecule has 3 aliphatic heterocycles. The Labute approximate surface area is 242 Å². The molecule has 226 valence electrons. The van der Waals surface area contributed by atoms with E-state index in [1.807, 2.05) is 0 Å². The minimum absolute atomic E-state index is 0.0403. The number of nitrogens with zero attached hydrogens (tertiary/aromatic N) is 3. The maximum absolute atomic E-state index is 14.8. The first-order chi connectivity index (χ1) is 19.1. The molecule has 0 saturated carbocycles. The van der Waals surface area contributed by atoms with Crippen LogP contribution in [0, 0.1) is 0 Å². The van der Waals surface area contributed by atoms with Gasteiger partial charge in [0, 0.05) is 46.2 Å². The lowest BCUT2D eigenvalue weighted by atomic mass is 10.0. The molecule has 0 radical (unpaired) electrons. The Morgan fingerprint density at radius 2 is 1.85 bits per heavy atom. The molecule has 2 fully saturated rings. The third-order valence-corrected chi connectivity index (χ3v) is 9.11. The number of benzene rings is 1. The number of ether oxygens (including phenoxy) is 3. The number of hydrogen-bond acceptors (Lipinski definition) is 7. The number of likely N-dealkylation sites (tertiary alicyclic amines) is 2. The molecule has 1 aromatic rings. The van der Waals surface area contributed by atoms with Gasteiger partial charge >= 0.3 is 6.09 Å². The Balaban J connectivity index is 1.39. The Bertz CT molecular complexity index is 1180. The molecule has 0 N–H and O–H groups in total. The van der Waals surface area contributed by atoms with Gasteiger partial charge in [-0.15, -0.1) is 0 Å². The van der Waals surface area contributed by atoms with Crippen LogP contribution in [0.1, 0.15) is 56.0 Å². The lowest BCUT2D eigenvalue weighted by molar-refractivity contribution is -0.158. The second-order valence-corrected chi connectivity index (χ2v) is 18.8. The number of piperidine rings is 2. The molecular weight excluding hydrogens is 549 g/mol. The van der Waals surface area contributed by atoms with E-state index in [-0.39, 0.29) is 57.4 Å². The van der Waals surface area contributed by atoms with Crippen molar-refractivity contribution >= 4 is 31.9 Å². The average Bonchev–Trinajstić information content (AvgIpc) is 3.18. The summed E-state index contributed by atoms with van der Waals surface area (Å²) in [5.41, 5.74) is 0.435. The van der Waals surface area contributed by atoms with Crippen LogP contribution in [0.5, 0.6) is 5.75 Å². The third kappa shape index (κ3) is 7.65. The number of alkyl halides is 1. The molecule has 3 atom stereocenters. The van der Waals surface area contributed by atoms with Crippen LogP contribution in [-0.2, 0) is 25.6 Å². The Morgan fingerprint density at radius 3 is 2.54 bits per heavy atom. The quantitative estimate of drug-likeness (QED) is 0.254. The van der Waals surface area contributed by atoms with Crippen molar-refractivity contribution in [2.75, 3.05) is 26.4 Å². The maximum Gasteiger partial charge on any atom is 0.410 e. The monoisotopic (exact) mass is 591 g/mol. The van der Waals surface area contributed by atoms with Crippen LogP contribution in [0.15, 0.2) is 18.2 Å². The number of fused-ring (bicyclic) bond motifs is 1. The van der Waals surface area contributed by atoms with E-state index >= 15 is 0 Å². The molecule has 0 aliphatic carbocycles. The smallest absolute Gasteiger partial charge is 0.410 e. The summed E-state index contributed by atoms with van der Waals surface area (Å²) >= 11 is 0. The van der Waals surface area contributed by atoms with Crippen LogP contribution in [0.3, 0.4) is 0 Å². The van der Waals surface area contributed by atoms with E-state index < -0.39 is 44.0 Å². The van der Waals surface area contributed by atoms with E-state index in [4.69, 9.17) is 14.2 Å². The van der Waals surface area contributed by atoms with E-state index in [1.54, 1.807) is 39.0 Å². The van der Waals surface area contributed by atoms with E-state index in [9.17, 15) is 23.6 Å². The van der Waals surface area contributed by atoms with E-state index in [2.05, 4.69) is 19.6 Å². The lowest BCUT2D eigenvalue weighted by Crippen LogP contribution is -2.55. The van der Waals surface area contributed by atoms with Gasteiger partial charge in [0.05, 0.1) is 6.54 Å². The minimum atomic E-state index is -1.32. The summed E-state index contributed by atoms with van der Waals surface area (Å²) in [5.74, 6) is -0.653. The first-order valence-electron chi connectivity index (χ1n) is 14.3. The zero-order valence-corrected chi connectivity index (χ0v) is 25.9. The molecule has 4 rings (SSSR count). The van der Waals surface area contributed by atoms with Gasteiger partial charge in [-0.05, 0) is 57.0 Å². The van der Waals surface area contributed by atoms with Crippen LogP contribution >= 0.6 is 0 Å². The molecule has 10 nitrogen and oxygen atoms in total. The summed E-state index contributed by atoms with van der Waals surface area (Å²) in [6.45, 7) is 12.8. The van der Waals surface area contributed by atoms with Gasteiger partial charge in [0.2, 0.25) is 5.91 Å². The number of halogens is 1. The summed E-state index contributed by atoms with van der Waals surface area (Å²) in [7, 11) is -1.32. The molecule has 3 aliphatic rings. The average molecular weight is 592 g/mol. The van der Waals surface area contributed by atoms with Crippen LogP contribution < -0.4 is 4.74 Å². The highest BCUT2D eigenvalue weighted by Crippen LogP contribution is 2.32. The third-order valence-electron chi connectivity index (χ3n) is 7.40. The molecule has 1 unspecified atom stereocenters. The molecule has 12 heteroatoms. The van der Waals surface area contributed by atoms with Gasteiger partial charge in [-0.1, -0.05) is 19.6 Å². The van der Waals surface area contributed by atoms with Crippen LogP contribution in [-0.4, -0.2) is 96.9 Å². The SMILES string of the molecule is CC(C)(C)OC(=O)N1CC[C@H](F)[C@@H](Oc2ccc3c(c2)CN(C2CCC(=O)N(COCC[Si](C)(C)C)C2=O)C3=O)C1. The molecular formula is C29H42FN3O7Si. The Kier molecular flexibility index (Phi) is 9.12. The maximum atomic E-state index is 14.8. The molecule has 0 spiro atoms. The zero-order valence-electron chi connectivity index (χ0n) is 24.9. The zero-order chi connectivity index (χ0) is 30.1. The van der Waals surface area contributed by atoms with Gasteiger partial charge in [-0.3, -0.25) is 19.3 Å². The van der Waals surface area contributed by atoms with Gasteiger partial charge in [0.1, 0.15) is 36.4 Å². The standard InChI is InChI=1S/C29H42FN3O7Si/c1-29(2,3)40-28(37)31-12-11-22(30)24(17-31)39-20-7-8-21-19(15-20)16-32(26(21)35)23-9-10-25(34)33(27(23)36)18-38-13-14-41(4,5)6/h7-8,15,22-24H,9-14,16-18H2,1-6H3/t22-,23?,24-/m0/s1. The number of rotatable bonds is 8. The number of carbonyl (C=O) groups excluding carboxylic acids is 4. The first-order valence-corrected chi connectivity index (χ1v) is 18.0. The first kappa shape index (κ1) is 31.0. The predicted molar refractivity (Wildman–Crippen MR) is 152 cm³/mol. The number of amides is 4. The van der Waals surface area contributed by atoms with Crippen molar-refractivity contribution in [1.82, 2.24) is 14.7 Å². The molecule has 0 bridgehead atoms. The number of imide groups is 1. The van der Waals surface area contributed by atoms with E-state index in [0.29, 0.717) is 23.5 Å². The van der Waals surface area contributed by atoms with Crippen molar-refractivity contribution in [1.29, 1.82) is 0 Å². The molecule has 3 heterocycles. The minimum Gasteiger partial charge on any atom is -0.486 e. The van der Waals surface area contributed by atoms with Crippen molar-refractivity contribution in [3.63, 3.8) is 0 Å². The molecule has 4 amide bonds. The molecule has 41 heavy (non-hydrogen) atoms. The normalized spacial score (nSPS) is 23.6. The summed E-state index contributed by atoms with van der Waals surface area (Å²) in [4.78, 5) is 55.6. The highest BCUT2D eigenvalue weighted by molar-refractivity contribution is 6.76. The van der Waals surface area contributed by atoms with Crippen molar-refractivity contribution in [2.24, 2.45) is 0 Å². The van der Waals surface area contributed by atoms with E-state index in [1.165, 1.54) is 9.80 Å². The van der Waals surface area contributed by atoms with Gasteiger partial charge in [0.15, 0.2) is 0 Å². The van der Waals surface area contributed by atoms with Crippen molar-refractivity contribution < 1.29 is 37.8 Å². The summed E-state index contributed by atoms with van der Waals surface area (Å²) in [6.07, 6.45) is -2.14. The fourth-order valence-electron chi connectivity index (χ4n) is 5.09. The van der Waals surface area contributed by atoms with Gasteiger partial charge in [-0.25, -0.2) is 9.18 Å². The molecule has 2 saturated heterocycles. The van der Waals surface area contributed by atoms with Gasteiger partial charge < -0.3 is 24.0 Å². The highest BCUT2D eigenvalue weighted by Gasteiger charge is 2.43. The van der Waals surface area contributed by atoms with Crippen molar-refractivity contribution in [3.8, 4) is 5.75 Å². The van der Waals surface area contributed by atoms with Gasteiger partial charge in [0.25, 0.3) is 11.8 Å². The number of hydrogen-bond donors (Lipinski definition) is 0. The summed E-state index contributed by atoms with van der Waals surface area (Å²) < 4.78 is 31.8. The Hall–Kier alpha value is -2.99. The molecule has 0 aromatic heterocycles.